The largest absolute Gasteiger partial charge is 0.369 e. The quantitative estimate of drug-likeness (QED) is 0.928. The maximum atomic E-state index is 11.2. The van der Waals surface area contributed by atoms with Crippen LogP contribution in [-0.2, 0) is 17.6 Å². The molecule has 1 amide bonds. The molecule has 1 aliphatic rings. The number of anilines is 1. The summed E-state index contributed by atoms with van der Waals surface area (Å²) in [6, 6.07) is 17.5. The van der Waals surface area contributed by atoms with E-state index in [1.807, 2.05) is 6.07 Å². The Kier molecular flexibility index (Phi) is 4.35. The number of amides is 1. The maximum absolute atomic E-state index is 11.2. The molecule has 3 rings (SSSR count). The Bertz CT molecular complexity index is 731. The van der Waals surface area contributed by atoms with Gasteiger partial charge in [0.15, 0.2) is 0 Å². The van der Waals surface area contributed by atoms with E-state index in [0.29, 0.717) is 12.5 Å². The lowest BCUT2D eigenvalue weighted by Crippen LogP contribution is -2.46. The van der Waals surface area contributed by atoms with Crippen molar-refractivity contribution in [2.45, 2.75) is 51.6 Å². The van der Waals surface area contributed by atoms with E-state index in [1.54, 1.807) is 0 Å². The first-order chi connectivity index (χ1) is 11.4. The lowest BCUT2D eigenvalue weighted by molar-refractivity contribution is -0.117. The van der Waals surface area contributed by atoms with Crippen LogP contribution >= 0.6 is 0 Å². The fourth-order valence-electron chi connectivity index (χ4n) is 3.79. The van der Waals surface area contributed by atoms with Crippen LogP contribution in [0.1, 0.15) is 49.9 Å². The molecule has 2 N–H and O–H groups in total. The Labute approximate surface area is 144 Å². The number of carbonyl (C=O) groups excluding carboxylic acids is 1. The van der Waals surface area contributed by atoms with E-state index in [-0.39, 0.29) is 11.4 Å². The summed E-state index contributed by atoms with van der Waals surface area (Å²) < 4.78 is 0. The molecule has 0 bridgehead atoms. The summed E-state index contributed by atoms with van der Waals surface area (Å²) >= 11 is 0. The molecule has 1 heterocycles. The lowest BCUT2D eigenvalue weighted by Gasteiger charge is -2.47. The third kappa shape index (κ3) is 3.30. The Morgan fingerprint density at radius 3 is 2.50 bits per heavy atom. The monoisotopic (exact) mass is 322 g/mol. The number of benzene rings is 2. The van der Waals surface area contributed by atoms with Gasteiger partial charge in [-0.2, -0.15) is 0 Å². The van der Waals surface area contributed by atoms with Gasteiger partial charge in [0.05, 0.1) is 12.5 Å². The molecule has 0 aliphatic carbocycles. The molecule has 1 unspecified atom stereocenters. The van der Waals surface area contributed by atoms with Gasteiger partial charge in [-0.1, -0.05) is 42.5 Å². The van der Waals surface area contributed by atoms with Crippen LogP contribution in [0.15, 0.2) is 48.5 Å². The number of fused-ring (bicyclic) bond motifs is 1. The zero-order valence-electron chi connectivity index (χ0n) is 14.8. The van der Waals surface area contributed by atoms with Gasteiger partial charge in [0.2, 0.25) is 5.91 Å². The van der Waals surface area contributed by atoms with Gasteiger partial charge in [0.1, 0.15) is 0 Å². The third-order valence-electron chi connectivity index (χ3n) is 4.69. The van der Waals surface area contributed by atoms with Crippen molar-refractivity contribution in [2.75, 3.05) is 4.90 Å². The first kappa shape index (κ1) is 16.6. The van der Waals surface area contributed by atoms with Gasteiger partial charge in [-0.25, -0.2) is 0 Å². The van der Waals surface area contributed by atoms with E-state index in [9.17, 15) is 4.79 Å². The van der Waals surface area contributed by atoms with Crippen molar-refractivity contribution in [3.63, 3.8) is 0 Å². The van der Waals surface area contributed by atoms with Crippen LogP contribution in [0.25, 0.3) is 0 Å². The van der Waals surface area contributed by atoms with E-state index < -0.39 is 0 Å². The highest BCUT2D eigenvalue weighted by Gasteiger charge is 2.34. The second-order valence-electron chi connectivity index (χ2n) is 7.61. The molecule has 3 nitrogen and oxygen atoms in total. The second-order valence-corrected chi connectivity index (χ2v) is 7.61. The minimum Gasteiger partial charge on any atom is -0.369 e. The van der Waals surface area contributed by atoms with Gasteiger partial charge in [-0.05, 0) is 56.4 Å². The predicted molar refractivity (Wildman–Crippen MR) is 99.1 cm³/mol. The minimum absolute atomic E-state index is 0.0148. The summed E-state index contributed by atoms with van der Waals surface area (Å²) in [4.78, 5) is 13.7. The molecule has 2 aromatic carbocycles. The molecular weight excluding hydrogens is 296 g/mol. The molecule has 24 heavy (non-hydrogen) atoms. The van der Waals surface area contributed by atoms with Crippen LogP contribution in [0.3, 0.4) is 0 Å². The predicted octanol–water partition coefficient (Wildman–Crippen LogP) is 4.01. The van der Waals surface area contributed by atoms with E-state index in [1.165, 1.54) is 16.8 Å². The summed E-state index contributed by atoms with van der Waals surface area (Å²) in [6.07, 6.45) is 2.41. The lowest BCUT2D eigenvalue weighted by atomic mass is 9.86. The number of hydrogen-bond acceptors (Lipinski definition) is 2. The molecule has 0 saturated carbocycles. The van der Waals surface area contributed by atoms with Gasteiger partial charge in [0.25, 0.3) is 0 Å². The van der Waals surface area contributed by atoms with E-state index in [0.717, 1.165) is 18.4 Å². The first-order valence-electron chi connectivity index (χ1n) is 8.60. The highest BCUT2D eigenvalue weighted by molar-refractivity contribution is 5.77. The average Bonchev–Trinajstić information content (AvgIpc) is 2.53. The number of nitrogens with zero attached hydrogens (tertiary/aromatic N) is 1. The number of carbonyl (C=O) groups is 1. The van der Waals surface area contributed by atoms with E-state index in [4.69, 9.17) is 5.73 Å². The van der Waals surface area contributed by atoms with Gasteiger partial charge in [0, 0.05) is 11.2 Å². The summed E-state index contributed by atoms with van der Waals surface area (Å²) in [5.41, 5.74) is 10.3. The van der Waals surface area contributed by atoms with E-state index in [2.05, 4.69) is 68.1 Å². The van der Waals surface area contributed by atoms with Crippen molar-refractivity contribution in [1.82, 2.24) is 0 Å². The number of nitrogens with two attached hydrogens (primary N) is 1. The number of primary amides is 1. The maximum Gasteiger partial charge on any atom is 0.221 e. The van der Waals surface area contributed by atoms with Crippen molar-refractivity contribution in [1.29, 1.82) is 0 Å². The molecule has 126 valence electrons. The fourth-order valence-corrected chi connectivity index (χ4v) is 3.79. The minimum atomic E-state index is -0.277. The zero-order valence-corrected chi connectivity index (χ0v) is 14.8. The van der Waals surface area contributed by atoms with E-state index >= 15 is 0 Å². The van der Waals surface area contributed by atoms with Crippen LogP contribution in [0, 0.1) is 0 Å². The Morgan fingerprint density at radius 1 is 1.17 bits per heavy atom. The summed E-state index contributed by atoms with van der Waals surface area (Å²) in [5, 5.41) is 0. The number of aryl methyl sites for hydroxylation is 1. The summed E-state index contributed by atoms with van der Waals surface area (Å²) in [6.45, 7) is 6.78. The molecular formula is C21H26N2O. The van der Waals surface area contributed by atoms with Crippen LogP contribution in [0.2, 0.25) is 0 Å². The van der Waals surface area contributed by atoms with Gasteiger partial charge in [-0.3, -0.25) is 4.79 Å². The van der Waals surface area contributed by atoms with Crippen molar-refractivity contribution >= 4 is 11.6 Å². The summed E-state index contributed by atoms with van der Waals surface area (Å²) in [5.74, 6) is -0.277. The Balaban J connectivity index is 2.03. The fraction of sp³-hybridized carbons (Fsp3) is 0.381. The number of hydrogen-bond donors (Lipinski definition) is 1. The molecule has 0 spiro atoms. The van der Waals surface area contributed by atoms with Crippen molar-refractivity contribution in [3.05, 3.63) is 65.2 Å². The highest BCUT2D eigenvalue weighted by Crippen LogP contribution is 2.43. The summed E-state index contributed by atoms with van der Waals surface area (Å²) in [7, 11) is 0. The third-order valence-corrected chi connectivity index (χ3v) is 4.69. The first-order valence-corrected chi connectivity index (χ1v) is 8.60. The zero-order chi connectivity index (χ0) is 17.3. The molecule has 0 aromatic heterocycles. The average molecular weight is 322 g/mol. The van der Waals surface area contributed by atoms with Crippen molar-refractivity contribution in [3.8, 4) is 0 Å². The van der Waals surface area contributed by atoms with Crippen LogP contribution in [0.5, 0.6) is 0 Å². The molecule has 2 aromatic rings. The standard InChI is InChI=1S/C21H26N2O/c1-21(2,3)23-18(16-7-5-4-6-8-16)12-10-17-13-15(14-20(22)24)9-11-19(17)23/h4-9,11,13,18H,10,12,14H2,1-3H3,(H2,22,24). The number of rotatable bonds is 3. The smallest absolute Gasteiger partial charge is 0.221 e. The molecule has 3 heteroatoms. The van der Waals surface area contributed by atoms with Gasteiger partial charge >= 0.3 is 0 Å². The van der Waals surface area contributed by atoms with Gasteiger partial charge < -0.3 is 10.6 Å². The molecule has 1 aliphatic heterocycles. The molecule has 1 atom stereocenters. The van der Waals surface area contributed by atoms with Gasteiger partial charge in [-0.15, -0.1) is 0 Å². The molecule has 0 saturated heterocycles. The SMILES string of the molecule is CC(C)(C)N1c2ccc(CC(N)=O)cc2CCC1c1ccccc1. The normalized spacial score (nSPS) is 17.5. The van der Waals surface area contributed by atoms with Crippen LogP contribution < -0.4 is 10.6 Å². The topological polar surface area (TPSA) is 46.3 Å². The van der Waals surface area contributed by atoms with Crippen LogP contribution in [0.4, 0.5) is 5.69 Å². The van der Waals surface area contributed by atoms with Crippen LogP contribution in [-0.4, -0.2) is 11.4 Å². The Morgan fingerprint density at radius 2 is 1.88 bits per heavy atom. The molecule has 0 fully saturated rings. The molecule has 0 radical (unpaired) electrons. The van der Waals surface area contributed by atoms with Crippen molar-refractivity contribution in [2.24, 2.45) is 5.73 Å². The Hall–Kier alpha value is -2.29. The second kappa shape index (κ2) is 6.31. The van der Waals surface area contributed by atoms with Crippen molar-refractivity contribution < 1.29 is 4.79 Å². The highest BCUT2D eigenvalue weighted by atomic mass is 16.1.